The topological polar surface area (TPSA) is 49.8 Å². The third-order valence-electron chi connectivity index (χ3n) is 5.02. The van der Waals surface area contributed by atoms with E-state index in [1.165, 1.54) is 12.1 Å². The number of hydrogen-bond acceptors (Lipinski definition) is 4. The van der Waals surface area contributed by atoms with Crippen LogP contribution in [0.2, 0.25) is 0 Å². The summed E-state index contributed by atoms with van der Waals surface area (Å²) in [6.07, 6.45) is 1.61. The number of rotatable bonds is 7. The molecular formula is C25H30FNO3. The average molecular weight is 412 g/mol. The molecular weight excluding hydrogens is 381 g/mol. The first kappa shape index (κ1) is 22.0. The number of carbonyl (C=O) groups excluding carboxylic acids is 1. The molecule has 0 unspecified atom stereocenters. The Labute approximate surface area is 178 Å². The van der Waals surface area contributed by atoms with Crippen LogP contribution in [0.5, 0.6) is 11.5 Å². The Morgan fingerprint density at radius 3 is 2.27 bits per heavy atom. The van der Waals surface area contributed by atoms with Crippen molar-refractivity contribution in [3.05, 3.63) is 64.2 Å². The summed E-state index contributed by atoms with van der Waals surface area (Å²) < 4.78 is 19.2. The second kappa shape index (κ2) is 9.00. The van der Waals surface area contributed by atoms with Crippen LogP contribution in [0.1, 0.15) is 54.7 Å². The molecule has 0 amide bonds. The largest absolute Gasteiger partial charge is 0.507 e. The van der Waals surface area contributed by atoms with Gasteiger partial charge >= 0.3 is 0 Å². The maximum Gasteiger partial charge on any atom is 0.232 e. The fraction of sp³-hybridized carbons (Fsp3) is 0.400. The molecule has 1 heterocycles. The lowest BCUT2D eigenvalue weighted by molar-refractivity contribution is 0.101. The number of aromatic hydroxyl groups is 1. The second-order valence-corrected chi connectivity index (χ2v) is 8.87. The van der Waals surface area contributed by atoms with Gasteiger partial charge in [-0.25, -0.2) is 4.39 Å². The molecule has 4 nitrogen and oxygen atoms in total. The number of ketones is 1. The van der Waals surface area contributed by atoms with Gasteiger partial charge in [-0.05, 0) is 54.2 Å². The number of phenols is 1. The van der Waals surface area contributed by atoms with Gasteiger partial charge in [0.05, 0.1) is 11.1 Å². The Kier molecular flexibility index (Phi) is 6.61. The highest BCUT2D eigenvalue weighted by Crippen LogP contribution is 2.42. The number of benzene rings is 2. The van der Waals surface area contributed by atoms with Crippen LogP contribution < -0.4 is 4.74 Å². The summed E-state index contributed by atoms with van der Waals surface area (Å²) in [6, 6.07) is 7.52. The molecule has 5 heteroatoms. The lowest BCUT2D eigenvalue weighted by atomic mass is 9.98. The van der Waals surface area contributed by atoms with E-state index >= 15 is 0 Å². The van der Waals surface area contributed by atoms with E-state index in [1.807, 2.05) is 0 Å². The first-order valence-corrected chi connectivity index (χ1v) is 10.4. The van der Waals surface area contributed by atoms with E-state index in [0.29, 0.717) is 46.4 Å². The van der Waals surface area contributed by atoms with E-state index in [9.17, 15) is 14.3 Å². The van der Waals surface area contributed by atoms with Crippen molar-refractivity contribution in [1.29, 1.82) is 0 Å². The standard InChI is InChI=1S/C25H30FNO3/c1-15(2)12-27(13-16(3)4)14-20-21(28)10-17(5)23-24(29)22(30-25(20)23)11-18-6-8-19(26)9-7-18/h6-11,15-16,28H,12-14H2,1-5H3/b22-11+. The van der Waals surface area contributed by atoms with Crippen molar-refractivity contribution in [2.24, 2.45) is 11.8 Å². The summed E-state index contributed by atoms with van der Waals surface area (Å²) in [5.74, 6) is 1.15. The number of nitrogens with zero attached hydrogens (tertiary/aromatic N) is 1. The highest BCUT2D eigenvalue weighted by atomic mass is 19.1. The summed E-state index contributed by atoms with van der Waals surface area (Å²) >= 11 is 0. The number of carbonyl (C=O) groups is 1. The molecule has 0 atom stereocenters. The Morgan fingerprint density at radius 2 is 1.70 bits per heavy atom. The number of allylic oxidation sites excluding steroid dienone is 1. The van der Waals surface area contributed by atoms with Crippen molar-refractivity contribution in [3.8, 4) is 11.5 Å². The lowest BCUT2D eigenvalue weighted by Gasteiger charge is -2.27. The van der Waals surface area contributed by atoms with Crippen molar-refractivity contribution in [1.82, 2.24) is 4.90 Å². The maximum absolute atomic E-state index is 13.2. The molecule has 30 heavy (non-hydrogen) atoms. The number of fused-ring (bicyclic) bond motifs is 1. The number of ether oxygens (including phenoxy) is 1. The van der Waals surface area contributed by atoms with Crippen LogP contribution in [0.4, 0.5) is 4.39 Å². The zero-order valence-electron chi connectivity index (χ0n) is 18.3. The Morgan fingerprint density at radius 1 is 1.10 bits per heavy atom. The van der Waals surface area contributed by atoms with Gasteiger partial charge in [-0.2, -0.15) is 0 Å². The molecule has 0 saturated heterocycles. The first-order valence-electron chi connectivity index (χ1n) is 10.4. The van der Waals surface area contributed by atoms with Crippen LogP contribution >= 0.6 is 0 Å². The molecule has 0 bridgehead atoms. The normalized spacial score (nSPS) is 14.8. The van der Waals surface area contributed by atoms with Gasteiger partial charge in [-0.1, -0.05) is 39.8 Å². The molecule has 1 N–H and O–H groups in total. The van der Waals surface area contributed by atoms with E-state index in [2.05, 4.69) is 32.6 Å². The van der Waals surface area contributed by atoms with Gasteiger partial charge in [0.15, 0.2) is 5.76 Å². The first-order chi connectivity index (χ1) is 14.2. The van der Waals surface area contributed by atoms with Gasteiger partial charge < -0.3 is 9.84 Å². The zero-order valence-corrected chi connectivity index (χ0v) is 18.3. The van der Waals surface area contributed by atoms with Crippen molar-refractivity contribution in [2.75, 3.05) is 13.1 Å². The minimum Gasteiger partial charge on any atom is -0.507 e. The molecule has 160 valence electrons. The van der Waals surface area contributed by atoms with Crippen LogP contribution in [0.3, 0.4) is 0 Å². The van der Waals surface area contributed by atoms with E-state index in [-0.39, 0.29) is 23.1 Å². The summed E-state index contributed by atoms with van der Waals surface area (Å²) in [5, 5.41) is 10.7. The van der Waals surface area contributed by atoms with Gasteiger partial charge in [0.25, 0.3) is 0 Å². The van der Waals surface area contributed by atoms with Crippen molar-refractivity contribution < 1.29 is 19.0 Å². The number of hydrogen-bond donors (Lipinski definition) is 1. The fourth-order valence-electron chi connectivity index (χ4n) is 3.90. The van der Waals surface area contributed by atoms with Gasteiger partial charge in [0.1, 0.15) is 17.3 Å². The van der Waals surface area contributed by atoms with Gasteiger partial charge in [-0.3, -0.25) is 9.69 Å². The highest BCUT2D eigenvalue weighted by Gasteiger charge is 2.33. The van der Waals surface area contributed by atoms with E-state index < -0.39 is 0 Å². The predicted molar refractivity (Wildman–Crippen MR) is 117 cm³/mol. The predicted octanol–water partition coefficient (Wildman–Crippen LogP) is 5.57. The smallest absolute Gasteiger partial charge is 0.232 e. The maximum atomic E-state index is 13.2. The van der Waals surface area contributed by atoms with Crippen molar-refractivity contribution in [3.63, 3.8) is 0 Å². The fourth-order valence-corrected chi connectivity index (χ4v) is 3.90. The van der Waals surface area contributed by atoms with Crippen LogP contribution in [0.15, 0.2) is 36.1 Å². The number of aryl methyl sites for hydroxylation is 1. The summed E-state index contributed by atoms with van der Waals surface area (Å²) in [7, 11) is 0. The molecule has 0 radical (unpaired) electrons. The van der Waals surface area contributed by atoms with Gasteiger partial charge in [0.2, 0.25) is 5.78 Å². The van der Waals surface area contributed by atoms with Crippen molar-refractivity contribution in [2.45, 2.75) is 41.2 Å². The summed E-state index contributed by atoms with van der Waals surface area (Å²) in [4.78, 5) is 15.3. The molecule has 3 rings (SSSR count). The van der Waals surface area contributed by atoms with Crippen LogP contribution in [0, 0.1) is 24.6 Å². The molecule has 2 aromatic rings. The Balaban J connectivity index is 1.98. The van der Waals surface area contributed by atoms with Gasteiger partial charge in [-0.15, -0.1) is 0 Å². The quantitative estimate of drug-likeness (QED) is 0.605. The zero-order chi connectivity index (χ0) is 22.0. The minimum absolute atomic E-state index is 0.139. The molecule has 1 aliphatic rings. The average Bonchev–Trinajstić information content (AvgIpc) is 2.96. The third-order valence-corrected chi connectivity index (χ3v) is 5.02. The number of phenolic OH excluding ortho intramolecular Hbond substituents is 1. The SMILES string of the molecule is Cc1cc(O)c(CN(CC(C)C)CC(C)C)c2c1C(=O)/C(=C\c1ccc(F)cc1)O2. The molecule has 0 aromatic heterocycles. The minimum atomic E-state index is -0.336. The summed E-state index contributed by atoms with van der Waals surface area (Å²) in [6.45, 7) is 12.7. The summed E-state index contributed by atoms with van der Waals surface area (Å²) in [5.41, 5.74) is 2.48. The van der Waals surface area contributed by atoms with Crippen LogP contribution in [-0.2, 0) is 6.54 Å². The number of halogens is 1. The van der Waals surface area contributed by atoms with Crippen LogP contribution in [-0.4, -0.2) is 28.9 Å². The molecule has 2 aromatic carbocycles. The monoisotopic (exact) mass is 411 g/mol. The molecule has 0 spiro atoms. The van der Waals surface area contributed by atoms with Crippen molar-refractivity contribution >= 4 is 11.9 Å². The van der Waals surface area contributed by atoms with E-state index in [0.717, 1.165) is 13.1 Å². The van der Waals surface area contributed by atoms with Crippen LogP contribution in [0.25, 0.3) is 6.08 Å². The molecule has 0 saturated carbocycles. The van der Waals surface area contributed by atoms with E-state index in [1.54, 1.807) is 31.2 Å². The molecule has 0 fully saturated rings. The Hall–Kier alpha value is -2.66. The lowest BCUT2D eigenvalue weighted by Crippen LogP contribution is -2.31. The molecule has 0 aliphatic carbocycles. The Bertz CT molecular complexity index is 951. The van der Waals surface area contributed by atoms with E-state index in [4.69, 9.17) is 4.74 Å². The second-order valence-electron chi connectivity index (χ2n) is 8.87. The van der Waals surface area contributed by atoms with Gasteiger partial charge in [0, 0.05) is 19.6 Å². The number of Topliss-reactive ketones (excluding diaryl/α,β-unsaturated/α-hetero) is 1. The highest BCUT2D eigenvalue weighted by molar-refractivity contribution is 6.15. The molecule has 1 aliphatic heterocycles. The third kappa shape index (κ3) is 4.90.